The number of hydrogen-bond donors (Lipinski definition) is 0. The molecule has 28 heavy (non-hydrogen) atoms. The molecular weight excluding hydrogens is 342 g/mol. The van der Waals surface area contributed by atoms with Gasteiger partial charge in [-0.1, -0.05) is 44.2 Å². The lowest BCUT2D eigenvalue weighted by molar-refractivity contribution is 0.617. The van der Waals surface area contributed by atoms with Crippen LogP contribution in [0, 0.1) is 12.8 Å². The monoisotopic (exact) mass is 369 g/mol. The van der Waals surface area contributed by atoms with Gasteiger partial charge >= 0.3 is 0 Å². The standard InChI is InChI=1S/C25H27N3/c1-5-6-7-18-8-9-19(12-17(18)4)24-15-27-25(28-24)20-10-11-21-22(16(2)3)14-26-23(21)13-20/h5,8-14,16,22H,1,6-7,15H2,2-4H3. The lowest BCUT2D eigenvalue weighted by Gasteiger charge is -2.13. The van der Waals surface area contributed by atoms with Crippen LogP contribution in [-0.4, -0.2) is 24.3 Å². The zero-order chi connectivity index (χ0) is 19.7. The Balaban J connectivity index is 1.55. The van der Waals surface area contributed by atoms with Crippen molar-refractivity contribution in [3.05, 3.63) is 76.9 Å². The molecule has 2 aliphatic rings. The number of rotatable bonds is 6. The van der Waals surface area contributed by atoms with Crippen molar-refractivity contribution in [2.75, 3.05) is 6.54 Å². The summed E-state index contributed by atoms with van der Waals surface area (Å²) in [6.07, 6.45) is 6.09. The number of hydrogen-bond acceptors (Lipinski definition) is 3. The predicted molar refractivity (Wildman–Crippen MR) is 120 cm³/mol. The van der Waals surface area contributed by atoms with Crippen molar-refractivity contribution >= 4 is 23.4 Å². The third-order valence-corrected chi connectivity index (χ3v) is 5.65. The molecule has 2 aromatic carbocycles. The molecule has 0 spiro atoms. The fourth-order valence-electron chi connectivity index (χ4n) is 3.92. The van der Waals surface area contributed by atoms with E-state index in [1.807, 2.05) is 6.08 Å². The molecule has 2 heterocycles. The van der Waals surface area contributed by atoms with Crippen LogP contribution in [0.15, 0.2) is 64.0 Å². The molecule has 1 atom stereocenters. The minimum Gasteiger partial charge on any atom is -0.260 e. The van der Waals surface area contributed by atoms with Crippen LogP contribution in [0.1, 0.15) is 54.0 Å². The van der Waals surface area contributed by atoms with Gasteiger partial charge in [-0.2, -0.15) is 0 Å². The molecule has 0 radical (unpaired) electrons. The van der Waals surface area contributed by atoms with E-state index >= 15 is 0 Å². The van der Waals surface area contributed by atoms with Gasteiger partial charge in [-0.05, 0) is 60.1 Å². The topological polar surface area (TPSA) is 37.1 Å². The minimum atomic E-state index is 0.413. The number of amidine groups is 1. The third-order valence-electron chi connectivity index (χ3n) is 5.65. The Kier molecular flexibility index (Phi) is 5.08. The highest BCUT2D eigenvalue weighted by molar-refractivity contribution is 6.17. The quantitative estimate of drug-likeness (QED) is 0.576. The van der Waals surface area contributed by atoms with Gasteiger partial charge in [0.05, 0.1) is 17.9 Å². The normalized spacial score (nSPS) is 17.6. The van der Waals surface area contributed by atoms with Crippen molar-refractivity contribution in [1.29, 1.82) is 0 Å². The van der Waals surface area contributed by atoms with Crippen LogP contribution in [0.2, 0.25) is 0 Å². The number of aliphatic imine (C=N–C) groups is 3. The van der Waals surface area contributed by atoms with Crippen LogP contribution in [0.3, 0.4) is 0 Å². The van der Waals surface area contributed by atoms with Crippen LogP contribution in [0.25, 0.3) is 0 Å². The molecular formula is C25H27N3. The molecule has 0 fully saturated rings. The molecule has 0 saturated heterocycles. The van der Waals surface area contributed by atoms with E-state index < -0.39 is 0 Å². The van der Waals surface area contributed by atoms with Crippen LogP contribution < -0.4 is 0 Å². The Morgan fingerprint density at radius 3 is 2.71 bits per heavy atom. The molecule has 3 heteroatoms. The van der Waals surface area contributed by atoms with E-state index in [2.05, 4.69) is 75.0 Å². The summed E-state index contributed by atoms with van der Waals surface area (Å²) in [6.45, 7) is 11.1. The van der Waals surface area contributed by atoms with Crippen molar-refractivity contribution in [3.8, 4) is 0 Å². The van der Waals surface area contributed by atoms with E-state index in [-0.39, 0.29) is 0 Å². The molecule has 0 saturated carbocycles. The minimum absolute atomic E-state index is 0.413. The van der Waals surface area contributed by atoms with Crippen molar-refractivity contribution < 1.29 is 0 Å². The zero-order valence-corrected chi connectivity index (χ0v) is 16.9. The van der Waals surface area contributed by atoms with Gasteiger partial charge < -0.3 is 0 Å². The second-order valence-electron chi connectivity index (χ2n) is 7.99. The summed E-state index contributed by atoms with van der Waals surface area (Å²) in [5.74, 6) is 1.78. The molecule has 0 aliphatic carbocycles. The molecule has 0 bridgehead atoms. The van der Waals surface area contributed by atoms with Gasteiger partial charge in [0.25, 0.3) is 0 Å². The average Bonchev–Trinajstić information content (AvgIpc) is 3.33. The highest BCUT2D eigenvalue weighted by atomic mass is 15.0. The van der Waals surface area contributed by atoms with Gasteiger partial charge in [0.1, 0.15) is 0 Å². The number of aryl methyl sites for hydroxylation is 2. The Morgan fingerprint density at radius 1 is 1.14 bits per heavy atom. The first-order valence-electron chi connectivity index (χ1n) is 10.1. The zero-order valence-electron chi connectivity index (χ0n) is 16.9. The second kappa shape index (κ2) is 7.67. The fraction of sp³-hybridized carbons (Fsp3) is 0.320. The van der Waals surface area contributed by atoms with Crippen molar-refractivity contribution in [2.45, 2.75) is 39.5 Å². The maximum atomic E-state index is 4.84. The molecule has 0 aromatic heterocycles. The summed E-state index contributed by atoms with van der Waals surface area (Å²) < 4.78 is 0. The lowest BCUT2D eigenvalue weighted by atomic mass is 9.90. The molecule has 0 N–H and O–H groups in total. The first-order valence-corrected chi connectivity index (χ1v) is 10.1. The van der Waals surface area contributed by atoms with Crippen LogP contribution >= 0.6 is 0 Å². The number of fused-ring (bicyclic) bond motifs is 1. The van der Waals surface area contributed by atoms with Gasteiger partial charge in [0.2, 0.25) is 0 Å². The predicted octanol–water partition coefficient (Wildman–Crippen LogP) is 5.82. The Bertz CT molecular complexity index is 1010. The number of nitrogens with zero attached hydrogens (tertiary/aromatic N) is 3. The van der Waals surface area contributed by atoms with Gasteiger partial charge in [0, 0.05) is 17.7 Å². The second-order valence-corrected chi connectivity index (χ2v) is 7.99. The van der Waals surface area contributed by atoms with E-state index in [0.29, 0.717) is 18.4 Å². The highest BCUT2D eigenvalue weighted by Crippen LogP contribution is 2.37. The van der Waals surface area contributed by atoms with E-state index in [4.69, 9.17) is 9.98 Å². The Morgan fingerprint density at radius 2 is 1.96 bits per heavy atom. The van der Waals surface area contributed by atoms with Gasteiger partial charge in [-0.3, -0.25) is 9.98 Å². The molecule has 4 rings (SSSR count). The van der Waals surface area contributed by atoms with E-state index in [1.165, 1.54) is 16.7 Å². The molecule has 142 valence electrons. The summed E-state index contributed by atoms with van der Waals surface area (Å²) in [4.78, 5) is 14.2. The lowest BCUT2D eigenvalue weighted by Crippen LogP contribution is -2.05. The molecule has 1 unspecified atom stereocenters. The largest absolute Gasteiger partial charge is 0.260 e. The van der Waals surface area contributed by atoms with E-state index in [0.717, 1.165) is 41.2 Å². The summed E-state index contributed by atoms with van der Waals surface area (Å²) in [6, 6.07) is 13.1. The third kappa shape index (κ3) is 3.49. The smallest absolute Gasteiger partial charge is 0.155 e. The molecule has 2 aliphatic heterocycles. The summed E-state index contributed by atoms with van der Waals surface area (Å²) >= 11 is 0. The summed E-state index contributed by atoms with van der Waals surface area (Å²) in [5, 5.41) is 0. The van der Waals surface area contributed by atoms with Crippen LogP contribution in [-0.2, 0) is 6.42 Å². The fourth-order valence-corrected chi connectivity index (χ4v) is 3.92. The summed E-state index contributed by atoms with van der Waals surface area (Å²) in [5.41, 5.74) is 8.31. The Labute approximate surface area is 167 Å². The van der Waals surface area contributed by atoms with Gasteiger partial charge in [0.15, 0.2) is 5.84 Å². The Hall–Kier alpha value is -2.81. The molecule has 3 nitrogen and oxygen atoms in total. The van der Waals surface area contributed by atoms with E-state index in [1.54, 1.807) is 0 Å². The highest BCUT2D eigenvalue weighted by Gasteiger charge is 2.23. The molecule has 2 aromatic rings. The first kappa shape index (κ1) is 18.5. The van der Waals surface area contributed by atoms with Crippen LogP contribution in [0.5, 0.6) is 0 Å². The van der Waals surface area contributed by atoms with Gasteiger partial charge in [-0.25, -0.2) is 4.99 Å². The molecule has 0 amide bonds. The van der Waals surface area contributed by atoms with Crippen molar-refractivity contribution in [3.63, 3.8) is 0 Å². The van der Waals surface area contributed by atoms with E-state index in [9.17, 15) is 0 Å². The van der Waals surface area contributed by atoms with Gasteiger partial charge in [-0.15, -0.1) is 6.58 Å². The SMILES string of the molecule is C=CCCc1ccc(C2=NC(c3ccc4c(c3)N=CC4C(C)C)=NC2)cc1C. The van der Waals surface area contributed by atoms with Crippen LogP contribution in [0.4, 0.5) is 5.69 Å². The first-order chi connectivity index (χ1) is 13.6. The summed E-state index contributed by atoms with van der Waals surface area (Å²) in [7, 11) is 0. The maximum Gasteiger partial charge on any atom is 0.155 e. The maximum absolute atomic E-state index is 4.84. The van der Waals surface area contributed by atoms with Crippen molar-refractivity contribution in [1.82, 2.24) is 0 Å². The van der Waals surface area contributed by atoms with Crippen molar-refractivity contribution in [2.24, 2.45) is 20.9 Å². The number of allylic oxidation sites excluding steroid dienone is 1. The average molecular weight is 370 g/mol. The number of benzene rings is 2.